The lowest BCUT2D eigenvalue weighted by atomic mass is 9.89. The van der Waals surface area contributed by atoms with Crippen molar-refractivity contribution < 1.29 is 19.1 Å². The molecule has 1 aliphatic carbocycles. The average Bonchev–Trinajstić information content (AvgIpc) is 3.22. The molecule has 0 spiro atoms. The van der Waals surface area contributed by atoms with Gasteiger partial charge in [-0.1, -0.05) is 24.3 Å². The van der Waals surface area contributed by atoms with E-state index in [1.807, 2.05) is 32.2 Å². The number of nitrogens with one attached hydrogen (secondary N) is 1. The van der Waals surface area contributed by atoms with Gasteiger partial charge in [-0.25, -0.2) is 4.79 Å². The van der Waals surface area contributed by atoms with Crippen LogP contribution in [0.2, 0.25) is 0 Å². The Bertz CT molecular complexity index is 1210. The Labute approximate surface area is 198 Å². The first kappa shape index (κ1) is 23.1. The Balaban J connectivity index is 1.55. The number of amides is 1. The minimum absolute atomic E-state index is 0.142. The van der Waals surface area contributed by atoms with Crippen molar-refractivity contribution in [2.75, 3.05) is 19.0 Å². The van der Waals surface area contributed by atoms with E-state index in [0.717, 1.165) is 40.7 Å². The van der Waals surface area contributed by atoms with Gasteiger partial charge in [0.05, 0.1) is 7.11 Å². The number of hydrogen-bond acceptors (Lipinski definition) is 5. The van der Waals surface area contributed by atoms with Crippen LogP contribution in [0.3, 0.4) is 0 Å². The van der Waals surface area contributed by atoms with Crippen LogP contribution in [-0.4, -0.2) is 25.6 Å². The Morgan fingerprint density at radius 3 is 2.55 bits per heavy atom. The maximum Gasteiger partial charge on any atom is 0.341 e. The van der Waals surface area contributed by atoms with Gasteiger partial charge in [0.2, 0.25) is 0 Å². The van der Waals surface area contributed by atoms with E-state index in [1.54, 1.807) is 0 Å². The van der Waals surface area contributed by atoms with E-state index in [1.165, 1.54) is 42.4 Å². The molecule has 1 aromatic heterocycles. The number of ether oxygens (including phenoxy) is 2. The summed E-state index contributed by atoms with van der Waals surface area (Å²) in [5.74, 6) is -0.0975. The topological polar surface area (TPSA) is 64.6 Å². The highest BCUT2D eigenvalue weighted by molar-refractivity contribution is 7.15. The van der Waals surface area contributed by atoms with Crippen LogP contribution in [0.4, 0.5) is 5.00 Å². The van der Waals surface area contributed by atoms with Crippen molar-refractivity contribution in [3.05, 3.63) is 69.1 Å². The third kappa shape index (κ3) is 4.96. The molecule has 1 heterocycles. The molecular formula is C27H29NO4S. The normalized spacial score (nSPS) is 12.7. The number of fused-ring (bicyclic) bond motifs is 1. The van der Waals surface area contributed by atoms with Crippen LogP contribution >= 0.6 is 11.3 Å². The summed E-state index contributed by atoms with van der Waals surface area (Å²) in [5, 5.41) is 5.23. The molecule has 2 aromatic carbocycles. The number of thiophene rings is 1. The Hall–Kier alpha value is -3.12. The van der Waals surface area contributed by atoms with Gasteiger partial charge in [0, 0.05) is 10.9 Å². The predicted octanol–water partition coefficient (Wildman–Crippen LogP) is 6.02. The molecule has 0 atom stereocenters. The second-order valence-corrected chi connectivity index (χ2v) is 9.46. The smallest absolute Gasteiger partial charge is 0.341 e. The molecule has 0 unspecified atom stereocenters. The molecule has 5 nitrogen and oxygen atoms in total. The quantitative estimate of drug-likeness (QED) is 0.454. The van der Waals surface area contributed by atoms with Gasteiger partial charge in [-0.3, -0.25) is 4.79 Å². The first-order valence-electron chi connectivity index (χ1n) is 11.2. The lowest BCUT2D eigenvalue weighted by Crippen LogP contribution is -2.21. The summed E-state index contributed by atoms with van der Waals surface area (Å²) in [6, 6.07) is 10.4. The molecule has 1 aliphatic rings. The van der Waals surface area contributed by atoms with Crippen molar-refractivity contribution in [1.29, 1.82) is 0 Å². The van der Waals surface area contributed by atoms with E-state index in [9.17, 15) is 9.59 Å². The van der Waals surface area contributed by atoms with Gasteiger partial charge < -0.3 is 14.8 Å². The number of hydrogen-bond donors (Lipinski definition) is 1. The van der Waals surface area contributed by atoms with Crippen LogP contribution in [0.15, 0.2) is 35.7 Å². The van der Waals surface area contributed by atoms with Crippen LogP contribution in [0.25, 0.3) is 11.1 Å². The maximum absolute atomic E-state index is 12.7. The van der Waals surface area contributed by atoms with Crippen LogP contribution < -0.4 is 10.1 Å². The molecule has 3 aromatic rings. The van der Waals surface area contributed by atoms with Crippen molar-refractivity contribution in [1.82, 2.24) is 0 Å². The lowest BCUT2D eigenvalue weighted by Gasteiger charge is -2.17. The fraction of sp³-hybridized carbons (Fsp3) is 0.333. The molecule has 0 bridgehead atoms. The van der Waals surface area contributed by atoms with Gasteiger partial charge in [-0.15, -0.1) is 11.3 Å². The number of rotatable bonds is 6. The number of carbonyl (C=O) groups is 2. The standard InChI is InChI=1S/C27H29NO4S/c1-16-11-17(2)18(3)23(12-16)32-14-24(29)28-26-25(27(30)31-4)22(15-33-26)21-10-9-19-7-5-6-8-20(19)13-21/h9-13,15H,5-8,14H2,1-4H3,(H,28,29). The molecule has 0 fully saturated rings. The van der Waals surface area contributed by atoms with Gasteiger partial charge in [-0.2, -0.15) is 0 Å². The van der Waals surface area contributed by atoms with E-state index < -0.39 is 5.97 Å². The van der Waals surface area contributed by atoms with Crippen molar-refractivity contribution in [2.24, 2.45) is 0 Å². The second-order valence-electron chi connectivity index (χ2n) is 8.58. The van der Waals surface area contributed by atoms with Crippen molar-refractivity contribution in [3.8, 4) is 16.9 Å². The van der Waals surface area contributed by atoms with Crippen molar-refractivity contribution >= 4 is 28.2 Å². The molecule has 0 saturated heterocycles. The second kappa shape index (κ2) is 9.79. The van der Waals surface area contributed by atoms with E-state index in [0.29, 0.717) is 16.3 Å². The zero-order valence-electron chi connectivity index (χ0n) is 19.5. The lowest BCUT2D eigenvalue weighted by molar-refractivity contribution is -0.118. The predicted molar refractivity (Wildman–Crippen MR) is 133 cm³/mol. The van der Waals surface area contributed by atoms with E-state index in [2.05, 4.69) is 29.6 Å². The Morgan fingerprint density at radius 2 is 1.79 bits per heavy atom. The molecule has 1 amide bonds. The molecule has 33 heavy (non-hydrogen) atoms. The minimum atomic E-state index is -0.467. The van der Waals surface area contributed by atoms with Crippen molar-refractivity contribution in [2.45, 2.75) is 46.5 Å². The molecule has 172 valence electrons. The van der Waals surface area contributed by atoms with E-state index in [-0.39, 0.29) is 12.5 Å². The summed E-state index contributed by atoms with van der Waals surface area (Å²) in [5.41, 5.74) is 8.05. The fourth-order valence-electron chi connectivity index (χ4n) is 4.32. The number of aryl methyl sites for hydroxylation is 4. The monoisotopic (exact) mass is 463 g/mol. The minimum Gasteiger partial charge on any atom is -0.483 e. The SMILES string of the molecule is COC(=O)c1c(-c2ccc3c(c2)CCCC3)csc1NC(=O)COc1cc(C)cc(C)c1C. The summed E-state index contributed by atoms with van der Waals surface area (Å²) in [4.78, 5) is 25.3. The van der Waals surface area contributed by atoms with Gasteiger partial charge in [0.25, 0.3) is 5.91 Å². The molecule has 0 aliphatic heterocycles. The molecule has 0 radical (unpaired) electrons. The van der Waals surface area contributed by atoms with Gasteiger partial charge in [0.1, 0.15) is 16.3 Å². The summed E-state index contributed by atoms with van der Waals surface area (Å²) in [6.45, 7) is 5.85. The van der Waals surface area contributed by atoms with Gasteiger partial charge >= 0.3 is 5.97 Å². The third-order valence-electron chi connectivity index (χ3n) is 6.22. The third-order valence-corrected chi connectivity index (χ3v) is 7.11. The summed E-state index contributed by atoms with van der Waals surface area (Å²) in [7, 11) is 1.36. The first-order chi connectivity index (χ1) is 15.9. The molecule has 4 rings (SSSR count). The van der Waals surface area contributed by atoms with Gasteiger partial charge in [-0.05, 0) is 85.9 Å². The highest BCUT2D eigenvalue weighted by Gasteiger charge is 2.23. The zero-order valence-corrected chi connectivity index (χ0v) is 20.4. The number of esters is 1. The van der Waals surface area contributed by atoms with E-state index in [4.69, 9.17) is 9.47 Å². The average molecular weight is 464 g/mol. The number of benzene rings is 2. The van der Waals surface area contributed by atoms with Crippen LogP contribution in [0.1, 0.15) is 51.0 Å². The van der Waals surface area contributed by atoms with Crippen LogP contribution in [0, 0.1) is 20.8 Å². The molecule has 6 heteroatoms. The molecular weight excluding hydrogens is 434 g/mol. The highest BCUT2D eigenvalue weighted by atomic mass is 32.1. The van der Waals surface area contributed by atoms with E-state index >= 15 is 0 Å². The first-order valence-corrected chi connectivity index (χ1v) is 12.1. The largest absolute Gasteiger partial charge is 0.483 e. The number of carbonyl (C=O) groups excluding carboxylic acids is 2. The number of methoxy groups -OCH3 is 1. The van der Waals surface area contributed by atoms with Gasteiger partial charge in [0.15, 0.2) is 6.61 Å². The molecule has 1 N–H and O–H groups in total. The Morgan fingerprint density at radius 1 is 1.03 bits per heavy atom. The summed E-state index contributed by atoms with van der Waals surface area (Å²) in [6.07, 6.45) is 4.56. The highest BCUT2D eigenvalue weighted by Crippen LogP contribution is 2.37. The maximum atomic E-state index is 12.7. The van der Waals surface area contributed by atoms with Crippen molar-refractivity contribution in [3.63, 3.8) is 0 Å². The molecule has 0 saturated carbocycles. The Kier molecular flexibility index (Phi) is 6.84. The summed E-state index contributed by atoms with van der Waals surface area (Å²) < 4.78 is 10.8. The zero-order chi connectivity index (χ0) is 23.5. The van der Waals surface area contributed by atoms with Crippen LogP contribution in [-0.2, 0) is 22.4 Å². The van der Waals surface area contributed by atoms with Crippen LogP contribution in [0.5, 0.6) is 5.75 Å². The fourth-order valence-corrected chi connectivity index (χ4v) is 5.30. The summed E-state index contributed by atoms with van der Waals surface area (Å²) >= 11 is 1.32. The number of anilines is 1.